The van der Waals surface area contributed by atoms with Crippen LogP contribution in [-0.4, -0.2) is 13.2 Å². The summed E-state index contributed by atoms with van der Waals surface area (Å²) >= 11 is 3.50. The van der Waals surface area contributed by atoms with Crippen molar-refractivity contribution in [3.05, 3.63) is 40.9 Å². The maximum atomic E-state index is 5.77. The monoisotopic (exact) mass is 283 g/mol. The molecule has 0 spiro atoms. The Bertz CT molecular complexity index is 339. The van der Waals surface area contributed by atoms with E-state index in [0.29, 0.717) is 13.2 Å². The number of hydrogen-bond donors (Lipinski definition) is 1. The third-order valence-corrected chi connectivity index (χ3v) is 2.89. The van der Waals surface area contributed by atoms with Crippen LogP contribution in [-0.2, 0) is 6.42 Å². The fourth-order valence-corrected chi connectivity index (χ4v) is 1.99. The topological polar surface area (TPSA) is 35.2 Å². The second kappa shape index (κ2) is 7.47. The first-order valence-electron chi connectivity index (χ1n) is 5.50. The van der Waals surface area contributed by atoms with E-state index in [0.717, 1.165) is 35.0 Å². The largest absolute Gasteiger partial charge is 0.492 e. The van der Waals surface area contributed by atoms with E-state index in [2.05, 4.69) is 28.6 Å². The normalized spacial score (nSPS) is 10.1. The number of halogens is 1. The standard InChI is InChI=1S/C13H18BrNO/c1-2-3-4-10-16-13-11(8-9-15)6-5-7-12(13)14/h2,5-7H,1,3-4,8-10,15H2. The van der Waals surface area contributed by atoms with Crippen LogP contribution in [0.5, 0.6) is 5.75 Å². The number of ether oxygens (including phenoxy) is 1. The lowest BCUT2D eigenvalue weighted by atomic mass is 10.1. The SMILES string of the molecule is C=CCCCOc1c(Br)cccc1CCN. The van der Waals surface area contributed by atoms with E-state index in [1.54, 1.807) is 0 Å². The van der Waals surface area contributed by atoms with E-state index < -0.39 is 0 Å². The molecule has 0 amide bonds. The molecule has 0 heterocycles. The zero-order valence-electron chi connectivity index (χ0n) is 9.42. The van der Waals surface area contributed by atoms with Gasteiger partial charge in [0.15, 0.2) is 0 Å². The first kappa shape index (κ1) is 13.3. The van der Waals surface area contributed by atoms with Gasteiger partial charge in [-0.2, -0.15) is 0 Å². The van der Waals surface area contributed by atoms with E-state index >= 15 is 0 Å². The average Bonchev–Trinajstić information content (AvgIpc) is 2.28. The first-order chi connectivity index (χ1) is 7.79. The summed E-state index contributed by atoms with van der Waals surface area (Å²) in [4.78, 5) is 0. The van der Waals surface area contributed by atoms with Crippen molar-refractivity contribution in [1.29, 1.82) is 0 Å². The highest BCUT2D eigenvalue weighted by Crippen LogP contribution is 2.29. The molecule has 2 nitrogen and oxygen atoms in total. The maximum Gasteiger partial charge on any atom is 0.136 e. The summed E-state index contributed by atoms with van der Waals surface area (Å²) in [5, 5.41) is 0. The van der Waals surface area contributed by atoms with Crippen molar-refractivity contribution in [2.75, 3.05) is 13.2 Å². The molecule has 2 N–H and O–H groups in total. The molecule has 0 unspecified atom stereocenters. The number of rotatable bonds is 7. The van der Waals surface area contributed by atoms with Gasteiger partial charge in [0.2, 0.25) is 0 Å². The van der Waals surface area contributed by atoms with Crippen LogP contribution in [0.2, 0.25) is 0 Å². The molecule has 0 saturated heterocycles. The van der Waals surface area contributed by atoms with Gasteiger partial charge in [0.1, 0.15) is 5.75 Å². The number of allylic oxidation sites excluding steroid dienone is 1. The predicted octanol–water partition coefficient (Wildman–Crippen LogP) is 3.30. The lowest BCUT2D eigenvalue weighted by Gasteiger charge is -2.12. The Morgan fingerprint density at radius 1 is 1.44 bits per heavy atom. The van der Waals surface area contributed by atoms with Gasteiger partial charge in [0, 0.05) is 0 Å². The Labute approximate surface area is 106 Å². The van der Waals surface area contributed by atoms with Crippen LogP contribution < -0.4 is 10.5 Å². The zero-order chi connectivity index (χ0) is 11.8. The molecule has 0 aliphatic rings. The lowest BCUT2D eigenvalue weighted by molar-refractivity contribution is 0.307. The van der Waals surface area contributed by atoms with Gasteiger partial charge < -0.3 is 10.5 Å². The minimum atomic E-state index is 0.638. The Morgan fingerprint density at radius 3 is 2.94 bits per heavy atom. The molecule has 0 fully saturated rings. The molecule has 1 aromatic carbocycles. The van der Waals surface area contributed by atoms with Crippen LogP contribution in [0.3, 0.4) is 0 Å². The highest BCUT2D eigenvalue weighted by molar-refractivity contribution is 9.10. The molecule has 1 aromatic rings. The fourth-order valence-electron chi connectivity index (χ4n) is 1.47. The number of para-hydroxylation sites is 1. The van der Waals surface area contributed by atoms with E-state index in [1.807, 2.05) is 18.2 Å². The van der Waals surface area contributed by atoms with Crippen LogP contribution in [0.4, 0.5) is 0 Å². The van der Waals surface area contributed by atoms with E-state index in [-0.39, 0.29) is 0 Å². The Balaban J connectivity index is 2.64. The van der Waals surface area contributed by atoms with E-state index in [1.165, 1.54) is 0 Å². The molecule has 0 aromatic heterocycles. The van der Waals surface area contributed by atoms with Crippen LogP contribution in [0, 0.1) is 0 Å². The van der Waals surface area contributed by atoms with Gasteiger partial charge in [0.25, 0.3) is 0 Å². The molecular weight excluding hydrogens is 266 g/mol. The van der Waals surface area contributed by atoms with Gasteiger partial charge in [0.05, 0.1) is 11.1 Å². The van der Waals surface area contributed by atoms with Crippen LogP contribution in [0.15, 0.2) is 35.3 Å². The molecule has 0 aliphatic carbocycles. The summed E-state index contributed by atoms with van der Waals surface area (Å²) in [5.74, 6) is 0.928. The molecule has 16 heavy (non-hydrogen) atoms. The molecule has 0 atom stereocenters. The molecule has 1 rings (SSSR count). The van der Waals surface area contributed by atoms with Crippen LogP contribution in [0.25, 0.3) is 0 Å². The minimum Gasteiger partial charge on any atom is -0.492 e. The summed E-state index contributed by atoms with van der Waals surface area (Å²) in [6.45, 7) is 5.04. The number of hydrogen-bond acceptors (Lipinski definition) is 2. The van der Waals surface area contributed by atoms with Gasteiger partial charge in [-0.1, -0.05) is 18.2 Å². The zero-order valence-corrected chi connectivity index (χ0v) is 11.0. The molecule has 0 bridgehead atoms. The number of nitrogens with two attached hydrogens (primary N) is 1. The Morgan fingerprint density at radius 2 is 2.25 bits per heavy atom. The van der Waals surface area contributed by atoms with Crippen molar-refractivity contribution < 1.29 is 4.74 Å². The minimum absolute atomic E-state index is 0.638. The van der Waals surface area contributed by atoms with Gasteiger partial charge in [-0.15, -0.1) is 6.58 Å². The van der Waals surface area contributed by atoms with Crippen molar-refractivity contribution in [2.45, 2.75) is 19.3 Å². The van der Waals surface area contributed by atoms with Gasteiger partial charge in [-0.25, -0.2) is 0 Å². The van der Waals surface area contributed by atoms with Crippen LogP contribution in [0.1, 0.15) is 18.4 Å². The summed E-state index contributed by atoms with van der Waals surface area (Å²) in [6, 6.07) is 6.05. The highest BCUT2D eigenvalue weighted by Gasteiger charge is 2.06. The quantitative estimate of drug-likeness (QED) is 0.616. The first-order valence-corrected chi connectivity index (χ1v) is 6.30. The van der Waals surface area contributed by atoms with Gasteiger partial charge in [-0.05, 0) is 53.4 Å². The summed E-state index contributed by atoms with van der Waals surface area (Å²) in [5.41, 5.74) is 6.73. The van der Waals surface area contributed by atoms with Crippen LogP contribution >= 0.6 is 15.9 Å². The van der Waals surface area contributed by atoms with E-state index in [4.69, 9.17) is 10.5 Å². The molecule has 88 valence electrons. The second-order valence-corrected chi connectivity index (χ2v) is 4.40. The smallest absolute Gasteiger partial charge is 0.136 e. The molecule has 0 saturated carbocycles. The van der Waals surface area contributed by atoms with Crippen molar-refractivity contribution in [3.8, 4) is 5.75 Å². The van der Waals surface area contributed by atoms with Gasteiger partial charge >= 0.3 is 0 Å². The highest BCUT2D eigenvalue weighted by atomic mass is 79.9. The third kappa shape index (κ3) is 3.99. The lowest BCUT2D eigenvalue weighted by Crippen LogP contribution is -2.06. The van der Waals surface area contributed by atoms with E-state index in [9.17, 15) is 0 Å². The second-order valence-electron chi connectivity index (χ2n) is 3.55. The average molecular weight is 284 g/mol. The maximum absolute atomic E-state index is 5.77. The predicted molar refractivity (Wildman–Crippen MR) is 71.8 cm³/mol. The molecule has 3 heteroatoms. The molecular formula is C13H18BrNO. The van der Waals surface area contributed by atoms with Crippen molar-refractivity contribution in [1.82, 2.24) is 0 Å². The summed E-state index contributed by atoms with van der Waals surface area (Å²) < 4.78 is 6.77. The Kier molecular flexibility index (Phi) is 6.19. The van der Waals surface area contributed by atoms with Crippen molar-refractivity contribution in [3.63, 3.8) is 0 Å². The number of benzene rings is 1. The Hall–Kier alpha value is -0.800. The van der Waals surface area contributed by atoms with Crippen molar-refractivity contribution >= 4 is 15.9 Å². The molecule has 0 radical (unpaired) electrons. The van der Waals surface area contributed by atoms with Crippen molar-refractivity contribution in [2.24, 2.45) is 5.73 Å². The molecule has 0 aliphatic heterocycles. The summed E-state index contributed by atoms with van der Waals surface area (Å²) in [7, 11) is 0. The van der Waals surface area contributed by atoms with Gasteiger partial charge in [-0.3, -0.25) is 0 Å². The number of unbranched alkanes of at least 4 members (excludes halogenated alkanes) is 1. The third-order valence-electron chi connectivity index (χ3n) is 2.26. The summed E-state index contributed by atoms with van der Waals surface area (Å²) in [6.07, 6.45) is 4.73. The fraction of sp³-hybridized carbons (Fsp3) is 0.385.